The summed E-state index contributed by atoms with van der Waals surface area (Å²) in [6.45, 7) is 5.32. The van der Waals surface area contributed by atoms with Crippen molar-refractivity contribution in [2.24, 2.45) is 0 Å². The summed E-state index contributed by atoms with van der Waals surface area (Å²) in [6, 6.07) is 0.642. The molecule has 1 N–H and O–H groups in total. The first-order valence-electron chi connectivity index (χ1n) is 6.31. The van der Waals surface area contributed by atoms with Crippen molar-refractivity contribution in [3.05, 3.63) is 11.7 Å². The van der Waals surface area contributed by atoms with Crippen LogP contribution in [0.15, 0.2) is 4.52 Å². The fraction of sp³-hybridized carbons (Fsp3) is 0.833. The predicted molar refractivity (Wildman–Crippen MR) is 62.3 cm³/mol. The van der Waals surface area contributed by atoms with Crippen LogP contribution in [0.4, 0.5) is 0 Å². The molecular formula is C12H21N3O. The second-order valence-corrected chi connectivity index (χ2v) is 4.89. The third kappa shape index (κ3) is 3.04. The number of hydrogen-bond donors (Lipinski definition) is 1. The van der Waals surface area contributed by atoms with Crippen LogP contribution in [0.5, 0.6) is 0 Å². The SMILES string of the molecule is CC(C)c1noc(CCC2CCCCN2)n1. The summed E-state index contributed by atoms with van der Waals surface area (Å²) >= 11 is 0. The summed E-state index contributed by atoms with van der Waals surface area (Å²) in [5.74, 6) is 1.97. The molecule has 2 rings (SSSR count). The molecule has 1 atom stereocenters. The lowest BCUT2D eigenvalue weighted by atomic mass is 10.0. The molecule has 0 saturated carbocycles. The largest absolute Gasteiger partial charge is 0.339 e. The van der Waals surface area contributed by atoms with Crippen molar-refractivity contribution in [1.29, 1.82) is 0 Å². The fourth-order valence-corrected chi connectivity index (χ4v) is 2.07. The topological polar surface area (TPSA) is 51.0 Å². The van der Waals surface area contributed by atoms with Crippen molar-refractivity contribution in [1.82, 2.24) is 15.5 Å². The summed E-state index contributed by atoms with van der Waals surface area (Å²) in [7, 11) is 0. The van der Waals surface area contributed by atoms with Crippen molar-refractivity contribution in [3.8, 4) is 0 Å². The zero-order valence-electron chi connectivity index (χ0n) is 10.2. The molecule has 90 valence electrons. The van der Waals surface area contributed by atoms with Crippen LogP contribution in [-0.4, -0.2) is 22.7 Å². The van der Waals surface area contributed by atoms with Crippen LogP contribution in [0.25, 0.3) is 0 Å². The molecule has 1 saturated heterocycles. The Labute approximate surface area is 96.8 Å². The van der Waals surface area contributed by atoms with Gasteiger partial charge in [0.15, 0.2) is 5.82 Å². The van der Waals surface area contributed by atoms with Gasteiger partial charge < -0.3 is 9.84 Å². The monoisotopic (exact) mass is 223 g/mol. The molecule has 1 aliphatic heterocycles. The Morgan fingerprint density at radius 3 is 2.94 bits per heavy atom. The van der Waals surface area contributed by atoms with E-state index in [4.69, 9.17) is 4.52 Å². The van der Waals surface area contributed by atoms with E-state index in [1.54, 1.807) is 0 Å². The first kappa shape index (κ1) is 11.6. The lowest BCUT2D eigenvalue weighted by Crippen LogP contribution is -2.34. The quantitative estimate of drug-likeness (QED) is 0.850. The number of nitrogens with one attached hydrogen (secondary N) is 1. The molecule has 4 nitrogen and oxygen atoms in total. The van der Waals surface area contributed by atoms with E-state index in [-0.39, 0.29) is 0 Å². The lowest BCUT2D eigenvalue weighted by molar-refractivity contribution is 0.340. The summed E-state index contributed by atoms with van der Waals surface area (Å²) in [4.78, 5) is 4.39. The highest BCUT2D eigenvalue weighted by Crippen LogP contribution is 2.14. The first-order chi connectivity index (χ1) is 7.75. The molecule has 4 heteroatoms. The minimum absolute atomic E-state index is 0.352. The van der Waals surface area contributed by atoms with Crippen LogP contribution in [0.2, 0.25) is 0 Å². The summed E-state index contributed by atoms with van der Waals surface area (Å²) < 4.78 is 5.23. The first-order valence-corrected chi connectivity index (χ1v) is 6.31. The van der Waals surface area contributed by atoms with Crippen molar-refractivity contribution in [3.63, 3.8) is 0 Å². The molecule has 2 heterocycles. The number of rotatable bonds is 4. The third-order valence-electron chi connectivity index (χ3n) is 3.12. The van der Waals surface area contributed by atoms with E-state index in [1.165, 1.54) is 19.3 Å². The Balaban J connectivity index is 1.79. The van der Waals surface area contributed by atoms with Crippen molar-refractivity contribution in [2.45, 2.75) is 57.9 Å². The van der Waals surface area contributed by atoms with Crippen LogP contribution < -0.4 is 5.32 Å². The Morgan fingerprint density at radius 1 is 1.44 bits per heavy atom. The average Bonchev–Trinajstić information content (AvgIpc) is 2.76. The van der Waals surface area contributed by atoms with Crippen LogP contribution in [0.3, 0.4) is 0 Å². The Bertz CT molecular complexity index is 316. The van der Waals surface area contributed by atoms with E-state index < -0.39 is 0 Å². The Kier molecular flexibility index (Phi) is 3.93. The highest BCUT2D eigenvalue weighted by atomic mass is 16.5. The number of hydrogen-bond acceptors (Lipinski definition) is 4. The minimum atomic E-state index is 0.352. The summed E-state index contributed by atoms with van der Waals surface area (Å²) in [6.07, 6.45) is 5.95. The van der Waals surface area contributed by atoms with Gasteiger partial charge in [0.25, 0.3) is 0 Å². The molecule has 0 amide bonds. The molecular weight excluding hydrogens is 202 g/mol. The maximum atomic E-state index is 5.23. The maximum absolute atomic E-state index is 5.23. The molecule has 0 radical (unpaired) electrons. The van der Waals surface area contributed by atoms with Gasteiger partial charge in [0.1, 0.15) is 0 Å². The van der Waals surface area contributed by atoms with Gasteiger partial charge in [-0.2, -0.15) is 4.98 Å². The van der Waals surface area contributed by atoms with Gasteiger partial charge in [0, 0.05) is 18.4 Å². The van der Waals surface area contributed by atoms with Gasteiger partial charge in [-0.1, -0.05) is 25.4 Å². The van der Waals surface area contributed by atoms with Gasteiger partial charge in [-0.15, -0.1) is 0 Å². The Morgan fingerprint density at radius 2 is 2.31 bits per heavy atom. The molecule has 0 spiro atoms. The number of aromatic nitrogens is 2. The summed E-state index contributed by atoms with van der Waals surface area (Å²) in [5, 5.41) is 7.50. The zero-order chi connectivity index (χ0) is 11.4. The molecule has 1 aromatic heterocycles. The standard InChI is InChI=1S/C12H21N3O/c1-9(2)12-14-11(16-15-12)7-6-10-5-3-4-8-13-10/h9-10,13H,3-8H2,1-2H3. The molecule has 0 bridgehead atoms. The van der Waals surface area contributed by atoms with E-state index in [1.807, 2.05) is 0 Å². The number of nitrogens with zero attached hydrogens (tertiary/aromatic N) is 2. The molecule has 16 heavy (non-hydrogen) atoms. The normalized spacial score (nSPS) is 21.6. The van der Waals surface area contributed by atoms with E-state index in [2.05, 4.69) is 29.3 Å². The van der Waals surface area contributed by atoms with Crippen LogP contribution in [-0.2, 0) is 6.42 Å². The maximum Gasteiger partial charge on any atom is 0.226 e. The highest BCUT2D eigenvalue weighted by Gasteiger charge is 2.15. The van der Waals surface area contributed by atoms with Crippen LogP contribution in [0, 0.1) is 0 Å². The molecule has 0 aliphatic carbocycles. The van der Waals surface area contributed by atoms with Gasteiger partial charge >= 0.3 is 0 Å². The average molecular weight is 223 g/mol. The highest BCUT2D eigenvalue weighted by molar-refractivity contribution is 4.92. The van der Waals surface area contributed by atoms with Crippen molar-refractivity contribution >= 4 is 0 Å². The second kappa shape index (κ2) is 5.43. The molecule has 1 fully saturated rings. The van der Waals surface area contributed by atoms with E-state index in [9.17, 15) is 0 Å². The van der Waals surface area contributed by atoms with Crippen LogP contribution in [0.1, 0.15) is 57.2 Å². The van der Waals surface area contributed by atoms with Crippen LogP contribution >= 0.6 is 0 Å². The van der Waals surface area contributed by atoms with E-state index >= 15 is 0 Å². The predicted octanol–water partition coefficient (Wildman–Crippen LogP) is 2.27. The van der Waals surface area contributed by atoms with Gasteiger partial charge in [0.2, 0.25) is 5.89 Å². The zero-order valence-corrected chi connectivity index (χ0v) is 10.2. The smallest absolute Gasteiger partial charge is 0.226 e. The molecule has 1 unspecified atom stereocenters. The van der Waals surface area contributed by atoms with Gasteiger partial charge in [-0.05, 0) is 25.8 Å². The minimum Gasteiger partial charge on any atom is -0.339 e. The van der Waals surface area contributed by atoms with E-state index in [0.29, 0.717) is 12.0 Å². The number of piperidine rings is 1. The van der Waals surface area contributed by atoms with E-state index in [0.717, 1.165) is 31.1 Å². The van der Waals surface area contributed by atoms with Crippen molar-refractivity contribution in [2.75, 3.05) is 6.54 Å². The summed E-state index contributed by atoms with van der Waals surface area (Å²) in [5.41, 5.74) is 0. The molecule has 0 aromatic carbocycles. The van der Waals surface area contributed by atoms with Gasteiger partial charge in [-0.3, -0.25) is 0 Å². The van der Waals surface area contributed by atoms with Gasteiger partial charge in [-0.25, -0.2) is 0 Å². The third-order valence-corrected chi connectivity index (χ3v) is 3.12. The molecule has 1 aliphatic rings. The van der Waals surface area contributed by atoms with Crippen molar-refractivity contribution < 1.29 is 4.52 Å². The second-order valence-electron chi connectivity index (χ2n) is 4.89. The Hall–Kier alpha value is -0.900. The lowest BCUT2D eigenvalue weighted by Gasteiger charge is -2.22. The fourth-order valence-electron chi connectivity index (χ4n) is 2.07. The van der Waals surface area contributed by atoms with Gasteiger partial charge in [0.05, 0.1) is 0 Å². The molecule has 1 aromatic rings. The number of aryl methyl sites for hydroxylation is 1.